The summed E-state index contributed by atoms with van der Waals surface area (Å²) < 4.78 is 12.9. The summed E-state index contributed by atoms with van der Waals surface area (Å²) in [5, 5.41) is 6.20. The minimum absolute atomic E-state index is 0.181. The summed E-state index contributed by atoms with van der Waals surface area (Å²) in [6, 6.07) is 34.6. The zero-order chi connectivity index (χ0) is 24.7. The van der Waals surface area contributed by atoms with Gasteiger partial charge >= 0.3 is 0 Å². The van der Waals surface area contributed by atoms with Crippen molar-refractivity contribution in [3.63, 3.8) is 0 Å². The van der Waals surface area contributed by atoms with Crippen LogP contribution in [0.3, 0.4) is 0 Å². The fourth-order valence-corrected chi connectivity index (χ4v) is 4.02. The molecule has 0 aromatic heterocycles. The molecule has 0 heterocycles. The molecule has 5 heteroatoms. The van der Waals surface area contributed by atoms with E-state index in [0.29, 0.717) is 12.1 Å². The molecule has 4 aromatic rings. The Morgan fingerprint density at radius 3 is 2.00 bits per heavy atom. The van der Waals surface area contributed by atoms with E-state index in [0.717, 1.165) is 24.4 Å². The predicted molar refractivity (Wildman–Crippen MR) is 145 cm³/mol. The fourth-order valence-electron chi connectivity index (χ4n) is 3.17. The van der Waals surface area contributed by atoms with Crippen molar-refractivity contribution in [3.8, 4) is 0 Å². The number of amides is 1. The summed E-state index contributed by atoms with van der Waals surface area (Å²) in [6.07, 6.45) is 0.803. The topological polar surface area (TPSA) is 41.1 Å². The number of aryl methyl sites for hydroxylation is 1. The van der Waals surface area contributed by atoms with Crippen molar-refractivity contribution in [1.82, 2.24) is 5.32 Å². The Kier molecular flexibility index (Phi) is 10.9. The first-order valence-corrected chi connectivity index (χ1v) is 12.6. The average molecular weight is 487 g/mol. The van der Waals surface area contributed by atoms with Gasteiger partial charge in [-0.25, -0.2) is 4.39 Å². The Bertz CT molecular complexity index is 1130. The van der Waals surface area contributed by atoms with E-state index in [1.165, 1.54) is 40.3 Å². The van der Waals surface area contributed by atoms with Crippen molar-refractivity contribution in [3.05, 3.63) is 132 Å². The molecule has 4 rings (SSSR count). The van der Waals surface area contributed by atoms with Crippen molar-refractivity contribution >= 4 is 23.4 Å². The third-order valence-electron chi connectivity index (χ3n) is 5.12. The average Bonchev–Trinajstić information content (AvgIpc) is 2.90. The van der Waals surface area contributed by atoms with E-state index in [9.17, 15) is 9.18 Å². The second kappa shape index (κ2) is 14.6. The normalized spacial score (nSPS) is 10.1. The number of nitrogens with one attached hydrogen (secondary N) is 2. The van der Waals surface area contributed by atoms with Gasteiger partial charge in [-0.1, -0.05) is 66.2 Å². The molecule has 2 N–H and O–H groups in total. The van der Waals surface area contributed by atoms with E-state index in [4.69, 9.17) is 0 Å². The zero-order valence-corrected chi connectivity index (χ0v) is 20.7. The molecule has 0 aliphatic heterocycles. The number of thioether (sulfide) groups is 1. The number of anilines is 1. The second-order valence-corrected chi connectivity index (χ2v) is 9.05. The van der Waals surface area contributed by atoms with Crippen molar-refractivity contribution in [1.29, 1.82) is 0 Å². The number of hydrogen-bond acceptors (Lipinski definition) is 3. The Hall–Kier alpha value is -3.57. The lowest BCUT2D eigenvalue weighted by molar-refractivity contribution is 0.0953. The molecule has 35 heavy (non-hydrogen) atoms. The van der Waals surface area contributed by atoms with Crippen LogP contribution in [0.15, 0.2) is 114 Å². The van der Waals surface area contributed by atoms with Crippen LogP contribution in [0.1, 0.15) is 27.9 Å². The standard InChI is InChI=1S/C23H23FN2OS.C7H8/c24-20-9-7-19(8-10-20)23(27)26-16-4-15-25-21-11-13-22(14-12-21)28-17-18-5-2-1-3-6-18;1-7-5-3-2-4-6-7/h1-3,5-14,25H,4,15-17H2,(H,26,27);2-6H,1H3. The van der Waals surface area contributed by atoms with Crippen molar-refractivity contribution in [2.24, 2.45) is 0 Å². The molecule has 0 saturated heterocycles. The van der Waals surface area contributed by atoms with Gasteiger partial charge in [0.15, 0.2) is 0 Å². The highest BCUT2D eigenvalue weighted by Crippen LogP contribution is 2.24. The van der Waals surface area contributed by atoms with Gasteiger partial charge in [-0.15, -0.1) is 11.8 Å². The molecule has 0 aliphatic carbocycles. The van der Waals surface area contributed by atoms with E-state index in [-0.39, 0.29) is 11.7 Å². The minimum Gasteiger partial charge on any atom is -0.385 e. The van der Waals surface area contributed by atoms with E-state index >= 15 is 0 Å². The number of carbonyl (C=O) groups excluding carboxylic acids is 1. The van der Waals surface area contributed by atoms with Gasteiger partial charge in [0.05, 0.1) is 0 Å². The van der Waals surface area contributed by atoms with E-state index in [2.05, 4.69) is 78.2 Å². The molecule has 4 aromatic carbocycles. The van der Waals surface area contributed by atoms with Gasteiger partial charge in [0.2, 0.25) is 0 Å². The molecule has 0 aliphatic rings. The first kappa shape index (κ1) is 26.0. The minimum atomic E-state index is -0.342. The molecule has 0 bridgehead atoms. The first-order chi connectivity index (χ1) is 17.1. The molecule has 0 unspecified atom stereocenters. The highest BCUT2D eigenvalue weighted by Gasteiger charge is 2.04. The molecule has 180 valence electrons. The number of rotatable bonds is 9. The van der Waals surface area contributed by atoms with Crippen molar-refractivity contribution < 1.29 is 9.18 Å². The molecular weight excluding hydrogens is 455 g/mol. The van der Waals surface area contributed by atoms with Gasteiger partial charge in [-0.05, 0) is 67.4 Å². The smallest absolute Gasteiger partial charge is 0.251 e. The lowest BCUT2D eigenvalue weighted by Gasteiger charge is -2.09. The van der Waals surface area contributed by atoms with Crippen LogP contribution >= 0.6 is 11.8 Å². The molecule has 0 atom stereocenters. The molecule has 0 spiro atoms. The summed E-state index contributed by atoms with van der Waals surface area (Å²) in [6.45, 7) is 3.41. The third kappa shape index (κ3) is 10.1. The van der Waals surface area contributed by atoms with Crippen LogP contribution in [-0.2, 0) is 5.75 Å². The van der Waals surface area contributed by atoms with Gasteiger partial charge in [-0.3, -0.25) is 4.79 Å². The Balaban J connectivity index is 0.000000420. The zero-order valence-electron chi connectivity index (χ0n) is 19.9. The van der Waals surface area contributed by atoms with Gasteiger partial charge in [0.25, 0.3) is 5.91 Å². The molecule has 3 nitrogen and oxygen atoms in total. The van der Waals surface area contributed by atoms with E-state index in [1.807, 2.05) is 36.0 Å². The van der Waals surface area contributed by atoms with Gasteiger partial charge in [0, 0.05) is 35.0 Å². The maximum Gasteiger partial charge on any atom is 0.251 e. The highest BCUT2D eigenvalue weighted by atomic mass is 32.2. The van der Waals surface area contributed by atoms with Gasteiger partial charge in [0.1, 0.15) is 5.82 Å². The summed E-state index contributed by atoms with van der Waals surface area (Å²) >= 11 is 1.82. The lowest BCUT2D eigenvalue weighted by atomic mass is 10.2. The maximum atomic E-state index is 12.9. The second-order valence-electron chi connectivity index (χ2n) is 8.00. The SMILES string of the molecule is Cc1ccccc1.O=C(NCCCNc1ccc(SCc2ccccc2)cc1)c1ccc(F)cc1. The molecule has 0 saturated carbocycles. The molecule has 1 amide bonds. The first-order valence-electron chi connectivity index (χ1n) is 11.7. The van der Waals surface area contributed by atoms with Crippen LogP contribution in [0, 0.1) is 12.7 Å². The van der Waals surface area contributed by atoms with Crippen LogP contribution in [-0.4, -0.2) is 19.0 Å². The van der Waals surface area contributed by atoms with Gasteiger partial charge in [-0.2, -0.15) is 0 Å². The number of hydrogen-bond donors (Lipinski definition) is 2. The number of halogens is 1. The summed E-state index contributed by atoms with van der Waals surface area (Å²) in [4.78, 5) is 13.2. The van der Waals surface area contributed by atoms with Crippen molar-refractivity contribution in [2.75, 3.05) is 18.4 Å². The molecule has 0 radical (unpaired) electrons. The van der Waals surface area contributed by atoms with Crippen LogP contribution in [0.25, 0.3) is 0 Å². The quantitative estimate of drug-likeness (QED) is 0.192. The van der Waals surface area contributed by atoms with E-state index < -0.39 is 0 Å². The van der Waals surface area contributed by atoms with Crippen LogP contribution < -0.4 is 10.6 Å². The summed E-state index contributed by atoms with van der Waals surface area (Å²) in [5.41, 5.74) is 4.17. The monoisotopic (exact) mass is 486 g/mol. The fraction of sp³-hybridized carbons (Fsp3) is 0.167. The maximum absolute atomic E-state index is 12.9. The Morgan fingerprint density at radius 2 is 1.40 bits per heavy atom. The van der Waals surface area contributed by atoms with Crippen LogP contribution in [0.5, 0.6) is 0 Å². The predicted octanol–water partition coefficient (Wildman–Crippen LogP) is 7.35. The number of benzene rings is 4. The Labute approximate surface area is 211 Å². The van der Waals surface area contributed by atoms with Crippen LogP contribution in [0.2, 0.25) is 0 Å². The lowest BCUT2D eigenvalue weighted by Crippen LogP contribution is -2.25. The summed E-state index contributed by atoms with van der Waals surface area (Å²) in [5.74, 6) is 0.437. The summed E-state index contributed by atoms with van der Waals surface area (Å²) in [7, 11) is 0. The van der Waals surface area contributed by atoms with Crippen LogP contribution in [0.4, 0.5) is 10.1 Å². The molecule has 0 fully saturated rings. The van der Waals surface area contributed by atoms with E-state index in [1.54, 1.807) is 0 Å². The van der Waals surface area contributed by atoms with Crippen molar-refractivity contribution in [2.45, 2.75) is 24.0 Å². The Morgan fingerprint density at radius 1 is 0.771 bits per heavy atom. The van der Waals surface area contributed by atoms with Gasteiger partial charge < -0.3 is 10.6 Å². The number of carbonyl (C=O) groups is 1. The third-order valence-corrected chi connectivity index (χ3v) is 6.20. The largest absolute Gasteiger partial charge is 0.385 e. The highest BCUT2D eigenvalue weighted by molar-refractivity contribution is 7.98. The molecular formula is C30H31FN2OS.